The Bertz CT molecular complexity index is 427. The summed E-state index contributed by atoms with van der Waals surface area (Å²) in [6, 6.07) is 11.1. The lowest BCUT2D eigenvalue weighted by Gasteiger charge is -2.33. The van der Waals surface area contributed by atoms with Gasteiger partial charge in [0, 0.05) is 32.8 Å². The Hall–Kier alpha value is -1.17. The molecular formula is C16H25N3OS. The Kier molecular flexibility index (Phi) is 6.92. The summed E-state index contributed by atoms with van der Waals surface area (Å²) < 4.78 is 5.01. The molecule has 0 radical (unpaired) electrons. The number of nitrogens with zero attached hydrogens (tertiary/aromatic N) is 1. The van der Waals surface area contributed by atoms with Gasteiger partial charge in [-0.05, 0) is 37.2 Å². The Morgan fingerprint density at radius 3 is 2.95 bits per heavy atom. The van der Waals surface area contributed by atoms with Gasteiger partial charge in [-0.1, -0.05) is 30.3 Å². The van der Waals surface area contributed by atoms with E-state index in [0.717, 1.165) is 31.3 Å². The molecule has 4 nitrogen and oxygen atoms in total. The van der Waals surface area contributed by atoms with Crippen LogP contribution in [0.1, 0.15) is 18.4 Å². The first-order valence-electron chi connectivity index (χ1n) is 7.57. The number of benzene rings is 1. The predicted molar refractivity (Wildman–Crippen MR) is 90.4 cm³/mol. The number of hydrogen-bond donors (Lipinski definition) is 2. The molecule has 116 valence electrons. The quantitative estimate of drug-likeness (QED) is 0.619. The fourth-order valence-corrected chi connectivity index (χ4v) is 2.93. The molecule has 1 heterocycles. The molecule has 0 aliphatic carbocycles. The average molecular weight is 307 g/mol. The lowest BCUT2D eigenvalue weighted by molar-refractivity contribution is 0.191. The minimum atomic E-state index is 0.435. The van der Waals surface area contributed by atoms with E-state index in [-0.39, 0.29) is 0 Å². The first-order chi connectivity index (χ1) is 10.3. The summed E-state index contributed by atoms with van der Waals surface area (Å²) in [6.45, 7) is 4.65. The van der Waals surface area contributed by atoms with Gasteiger partial charge in [0.15, 0.2) is 5.11 Å². The summed E-state index contributed by atoms with van der Waals surface area (Å²) in [6.07, 6.45) is 2.39. The highest BCUT2D eigenvalue weighted by molar-refractivity contribution is 7.80. The summed E-state index contributed by atoms with van der Waals surface area (Å²) in [4.78, 5) is 2.49. The summed E-state index contributed by atoms with van der Waals surface area (Å²) in [5.41, 5.74) is 1.37. The van der Waals surface area contributed by atoms with Gasteiger partial charge < -0.3 is 15.4 Å². The van der Waals surface area contributed by atoms with Gasteiger partial charge in [-0.2, -0.15) is 0 Å². The highest BCUT2D eigenvalue weighted by Crippen LogP contribution is 2.13. The smallest absolute Gasteiger partial charge is 0.166 e. The number of likely N-dealkylation sites (tertiary alicyclic amines) is 1. The maximum absolute atomic E-state index is 5.32. The fourth-order valence-electron chi connectivity index (χ4n) is 2.66. The molecule has 1 fully saturated rings. The third-order valence-electron chi connectivity index (χ3n) is 3.68. The van der Waals surface area contributed by atoms with Crippen LogP contribution in [-0.4, -0.2) is 49.4 Å². The number of hydrogen-bond acceptors (Lipinski definition) is 3. The zero-order chi connectivity index (χ0) is 14.9. The van der Waals surface area contributed by atoms with Gasteiger partial charge in [-0.15, -0.1) is 0 Å². The van der Waals surface area contributed by atoms with E-state index in [4.69, 9.17) is 17.0 Å². The van der Waals surface area contributed by atoms with Crippen LogP contribution in [0.15, 0.2) is 30.3 Å². The van der Waals surface area contributed by atoms with Crippen LogP contribution in [0.4, 0.5) is 0 Å². The van der Waals surface area contributed by atoms with Gasteiger partial charge >= 0.3 is 0 Å². The van der Waals surface area contributed by atoms with Crippen molar-refractivity contribution in [1.29, 1.82) is 0 Å². The Labute approximate surface area is 132 Å². The standard InChI is InChI=1S/C16H25N3OS/c1-20-11-9-17-16(21)18-15-8-5-10-19(13-15)12-14-6-3-2-4-7-14/h2-4,6-7,15H,5,8-13H2,1H3,(H2,17,18,21). The third-order valence-corrected chi connectivity index (χ3v) is 3.94. The van der Waals surface area contributed by atoms with Crippen molar-refractivity contribution in [3.63, 3.8) is 0 Å². The number of methoxy groups -OCH3 is 1. The molecule has 0 saturated carbocycles. The molecule has 2 rings (SSSR count). The maximum atomic E-state index is 5.32. The van der Waals surface area contributed by atoms with E-state index in [1.165, 1.54) is 18.4 Å². The normalized spacial score (nSPS) is 19.2. The van der Waals surface area contributed by atoms with Crippen molar-refractivity contribution >= 4 is 17.3 Å². The van der Waals surface area contributed by atoms with E-state index in [0.29, 0.717) is 12.6 Å². The van der Waals surface area contributed by atoms with Crippen LogP contribution in [0.3, 0.4) is 0 Å². The van der Waals surface area contributed by atoms with E-state index in [1.807, 2.05) is 0 Å². The van der Waals surface area contributed by atoms with Crippen LogP contribution in [0, 0.1) is 0 Å². The molecule has 0 amide bonds. The second-order valence-electron chi connectivity index (χ2n) is 5.45. The van der Waals surface area contributed by atoms with Crippen molar-refractivity contribution in [1.82, 2.24) is 15.5 Å². The zero-order valence-electron chi connectivity index (χ0n) is 12.7. The van der Waals surface area contributed by atoms with Gasteiger partial charge in [-0.3, -0.25) is 4.90 Å². The topological polar surface area (TPSA) is 36.5 Å². The van der Waals surface area contributed by atoms with Crippen LogP contribution in [0.25, 0.3) is 0 Å². The van der Waals surface area contributed by atoms with Crippen molar-refractivity contribution in [3.8, 4) is 0 Å². The molecule has 0 spiro atoms. The lowest BCUT2D eigenvalue weighted by Crippen LogP contribution is -2.50. The molecule has 1 aromatic rings. The minimum absolute atomic E-state index is 0.435. The fraction of sp³-hybridized carbons (Fsp3) is 0.562. The molecule has 1 unspecified atom stereocenters. The average Bonchev–Trinajstić information content (AvgIpc) is 2.49. The van der Waals surface area contributed by atoms with E-state index in [9.17, 15) is 0 Å². The van der Waals surface area contributed by atoms with Crippen LogP contribution >= 0.6 is 12.2 Å². The molecule has 0 bridgehead atoms. The lowest BCUT2D eigenvalue weighted by atomic mass is 10.0. The molecule has 1 saturated heterocycles. The molecule has 2 N–H and O–H groups in total. The van der Waals surface area contributed by atoms with Gasteiger partial charge in [0.25, 0.3) is 0 Å². The number of rotatable bonds is 6. The summed E-state index contributed by atoms with van der Waals surface area (Å²) in [5, 5.41) is 7.32. The Balaban J connectivity index is 1.74. The van der Waals surface area contributed by atoms with Gasteiger partial charge in [0.2, 0.25) is 0 Å². The third kappa shape index (κ3) is 5.99. The zero-order valence-corrected chi connectivity index (χ0v) is 13.5. The molecule has 1 aromatic carbocycles. The molecule has 5 heteroatoms. The Morgan fingerprint density at radius 1 is 1.38 bits per heavy atom. The number of piperidine rings is 1. The molecular weight excluding hydrogens is 282 g/mol. The molecule has 1 aliphatic heterocycles. The van der Waals surface area contributed by atoms with E-state index in [1.54, 1.807) is 7.11 Å². The molecule has 0 aromatic heterocycles. The van der Waals surface area contributed by atoms with Crippen LogP contribution in [-0.2, 0) is 11.3 Å². The number of thiocarbonyl (C=S) groups is 1. The summed E-state index contributed by atoms with van der Waals surface area (Å²) >= 11 is 5.32. The second kappa shape index (κ2) is 8.97. The second-order valence-corrected chi connectivity index (χ2v) is 5.86. The highest BCUT2D eigenvalue weighted by Gasteiger charge is 2.20. The van der Waals surface area contributed by atoms with Gasteiger partial charge in [0.05, 0.1) is 6.61 Å². The maximum Gasteiger partial charge on any atom is 0.166 e. The van der Waals surface area contributed by atoms with Crippen LogP contribution < -0.4 is 10.6 Å². The van der Waals surface area contributed by atoms with Crippen molar-refractivity contribution in [3.05, 3.63) is 35.9 Å². The van der Waals surface area contributed by atoms with E-state index >= 15 is 0 Å². The summed E-state index contributed by atoms with van der Waals surface area (Å²) in [5.74, 6) is 0. The first-order valence-corrected chi connectivity index (χ1v) is 7.98. The number of ether oxygens (including phenoxy) is 1. The van der Waals surface area contributed by atoms with Crippen molar-refractivity contribution < 1.29 is 4.74 Å². The molecule has 1 aliphatic rings. The molecule has 21 heavy (non-hydrogen) atoms. The Morgan fingerprint density at radius 2 is 2.19 bits per heavy atom. The largest absolute Gasteiger partial charge is 0.383 e. The SMILES string of the molecule is COCCNC(=S)NC1CCCN(Cc2ccccc2)C1. The predicted octanol–water partition coefficient (Wildman–Crippen LogP) is 1.76. The van der Waals surface area contributed by atoms with Crippen LogP contribution in [0.5, 0.6) is 0 Å². The van der Waals surface area contributed by atoms with E-state index in [2.05, 4.69) is 45.9 Å². The first kappa shape index (κ1) is 16.2. The summed E-state index contributed by atoms with van der Waals surface area (Å²) in [7, 11) is 1.70. The number of nitrogens with one attached hydrogen (secondary N) is 2. The monoisotopic (exact) mass is 307 g/mol. The van der Waals surface area contributed by atoms with Gasteiger partial charge in [-0.25, -0.2) is 0 Å². The van der Waals surface area contributed by atoms with Gasteiger partial charge in [0.1, 0.15) is 0 Å². The highest BCUT2D eigenvalue weighted by atomic mass is 32.1. The van der Waals surface area contributed by atoms with Crippen molar-refractivity contribution in [2.75, 3.05) is 33.4 Å². The molecule has 1 atom stereocenters. The van der Waals surface area contributed by atoms with E-state index < -0.39 is 0 Å². The van der Waals surface area contributed by atoms with Crippen molar-refractivity contribution in [2.45, 2.75) is 25.4 Å². The van der Waals surface area contributed by atoms with Crippen LogP contribution in [0.2, 0.25) is 0 Å². The minimum Gasteiger partial charge on any atom is -0.383 e. The van der Waals surface area contributed by atoms with Crippen molar-refractivity contribution in [2.24, 2.45) is 0 Å².